The Morgan fingerprint density at radius 1 is 0.800 bits per heavy atom. The van der Waals surface area contributed by atoms with E-state index in [4.69, 9.17) is 17.8 Å². The van der Waals surface area contributed by atoms with Gasteiger partial charge in [-0.05, 0) is 58.2 Å². The third-order valence-corrected chi connectivity index (χ3v) is 13.9. The molecule has 160 valence electrons. The first-order chi connectivity index (χ1) is 9.39. The molecule has 0 aliphatic carbocycles. The van der Waals surface area contributed by atoms with Crippen LogP contribution in [0.25, 0.3) is 0 Å². The van der Waals surface area contributed by atoms with Crippen molar-refractivity contribution in [2.45, 2.75) is 101 Å². The number of aliphatic hydroxyl groups is 1. The summed E-state index contributed by atoms with van der Waals surface area (Å²) in [5, 5.41) is 9.00. The van der Waals surface area contributed by atoms with Crippen molar-refractivity contribution in [1.82, 2.24) is 0 Å². The lowest BCUT2D eigenvalue weighted by Crippen LogP contribution is -2.54. The predicted molar refractivity (Wildman–Crippen MR) is 127 cm³/mol. The lowest BCUT2D eigenvalue weighted by atomic mass is 10.4. The van der Waals surface area contributed by atoms with Crippen LogP contribution >= 0.6 is 0 Å². The Morgan fingerprint density at radius 2 is 1.28 bits per heavy atom. The summed E-state index contributed by atoms with van der Waals surface area (Å²) in [6.07, 6.45) is 2.67. The van der Waals surface area contributed by atoms with Gasteiger partial charge in [-0.15, -0.1) is 0 Å². The van der Waals surface area contributed by atoms with Gasteiger partial charge in [0, 0.05) is 12.8 Å². The number of hydrogen-bond donors (Lipinski definition) is 1. The zero-order valence-corrected chi connectivity index (χ0v) is 19.4. The molecule has 25 heavy (non-hydrogen) atoms. The molecule has 1 unspecified atom stereocenters. The Hall–Kier alpha value is 0.708. The molecular weight excluding hydrogens is 381 g/mol. The Morgan fingerprint density at radius 3 is 1.64 bits per heavy atom. The maximum absolute atomic E-state index is 9.00. The fraction of sp³-hybridized carbons (Fsp3) is 1.00. The highest BCUT2D eigenvalue weighted by Gasteiger charge is 2.42. The van der Waals surface area contributed by atoms with Crippen LogP contribution in [0.5, 0.6) is 0 Å². The molecule has 0 aliphatic heterocycles. The quantitative estimate of drug-likeness (QED) is 0.322. The fourth-order valence-corrected chi connectivity index (χ4v) is 17.0. The fourth-order valence-electron chi connectivity index (χ4n) is 2.25. The minimum absolute atomic E-state index is 0. The first-order valence-corrected chi connectivity index (χ1v) is 19.9. The molecule has 0 amide bonds. The van der Waals surface area contributed by atoms with Crippen LogP contribution in [0.2, 0.25) is 58.4 Å². The van der Waals surface area contributed by atoms with Gasteiger partial charge in [-0.25, -0.2) is 0 Å². The molecule has 0 fully saturated rings. The second kappa shape index (κ2) is 15.7. The second-order valence-corrected chi connectivity index (χ2v) is 22.6. The highest BCUT2D eigenvalue weighted by Crippen LogP contribution is 2.26. The summed E-state index contributed by atoms with van der Waals surface area (Å²) >= 11 is 0. The van der Waals surface area contributed by atoms with Crippen LogP contribution < -0.4 is 0 Å². The molecule has 0 heterocycles. The molecule has 0 aromatic heterocycles. The third kappa shape index (κ3) is 20.9. The minimum Gasteiger partial charge on any atom is -0.437 e. The summed E-state index contributed by atoms with van der Waals surface area (Å²) in [5.74, 6) is 0. The van der Waals surface area contributed by atoms with Crippen molar-refractivity contribution < 1.29 is 17.8 Å². The van der Waals surface area contributed by atoms with Gasteiger partial charge in [0.25, 0.3) is 0 Å². The average molecular weight is 433 g/mol. The van der Waals surface area contributed by atoms with Crippen molar-refractivity contribution in [3.05, 3.63) is 0 Å². The third-order valence-electron chi connectivity index (χ3n) is 2.79. The van der Waals surface area contributed by atoms with Gasteiger partial charge in [-0.1, -0.05) is 42.8 Å². The van der Waals surface area contributed by atoms with E-state index >= 15 is 0 Å². The van der Waals surface area contributed by atoms with Crippen LogP contribution in [0, 0.1) is 0 Å². The van der Waals surface area contributed by atoms with Crippen LogP contribution in [0.3, 0.4) is 0 Å². The Labute approximate surface area is 165 Å². The smallest absolute Gasteiger partial charge is 0.322 e. The molecule has 0 aromatic rings. The molecular formula is C17H52O4Si4. The van der Waals surface area contributed by atoms with Crippen molar-refractivity contribution in [2.24, 2.45) is 0 Å². The molecule has 8 heteroatoms. The van der Waals surface area contributed by atoms with E-state index in [1.807, 2.05) is 0 Å². The second-order valence-electron chi connectivity index (χ2n) is 7.74. The van der Waals surface area contributed by atoms with Gasteiger partial charge >= 0.3 is 17.1 Å². The molecule has 0 saturated carbocycles. The van der Waals surface area contributed by atoms with Crippen molar-refractivity contribution in [1.29, 1.82) is 0 Å². The average Bonchev–Trinajstić information content (AvgIpc) is 2.23. The highest BCUT2D eigenvalue weighted by molar-refractivity contribution is 6.86. The molecule has 4 nitrogen and oxygen atoms in total. The highest BCUT2D eigenvalue weighted by atomic mass is 28.5. The van der Waals surface area contributed by atoms with Gasteiger partial charge in [0.2, 0.25) is 0 Å². The van der Waals surface area contributed by atoms with Gasteiger partial charge in [0.15, 0.2) is 8.32 Å². The van der Waals surface area contributed by atoms with E-state index < -0.39 is 34.2 Å². The van der Waals surface area contributed by atoms with E-state index in [9.17, 15) is 0 Å². The number of rotatable bonds is 11. The normalized spacial score (nSPS) is 13.7. The lowest BCUT2D eigenvalue weighted by molar-refractivity contribution is 0.257. The van der Waals surface area contributed by atoms with E-state index in [1.165, 1.54) is 0 Å². The number of hydrogen-bond acceptors (Lipinski definition) is 4. The van der Waals surface area contributed by atoms with Gasteiger partial charge in [0.05, 0.1) is 8.80 Å². The van der Waals surface area contributed by atoms with E-state index in [0.29, 0.717) is 0 Å². The molecule has 1 atom stereocenters. The summed E-state index contributed by atoms with van der Waals surface area (Å²) in [6, 6.07) is 0.941. The molecule has 0 aromatic carbocycles. The Kier molecular flexibility index (Phi) is 23.0. The first kappa shape index (κ1) is 36.6. The van der Waals surface area contributed by atoms with Gasteiger partial charge < -0.3 is 17.8 Å². The maximum atomic E-state index is 9.00. The van der Waals surface area contributed by atoms with Gasteiger partial charge in [-0.2, -0.15) is 0 Å². The monoisotopic (exact) mass is 432 g/mol. The SMILES string of the molecule is C.C.C.C.C[SiH](C)CO[Si](C)(C)O[Si](C)(CCCCO)O[Si](C)(C)C. The zero-order valence-electron chi connectivity index (χ0n) is 15.3. The molecule has 0 saturated heterocycles. The Balaban J connectivity index is -0.000000333. The number of aliphatic hydroxyl groups excluding tert-OH is 1. The lowest BCUT2D eigenvalue weighted by Gasteiger charge is -2.39. The summed E-state index contributed by atoms with van der Waals surface area (Å²) < 4.78 is 19.1. The van der Waals surface area contributed by atoms with Crippen LogP contribution in [0.15, 0.2) is 0 Å². The Bertz CT molecular complexity index is 297. The molecule has 0 spiro atoms. The van der Waals surface area contributed by atoms with E-state index in [-0.39, 0.29) is 36.3 Å². The molecule has 1 N–H and O–H groups in total. The zero-order chi connectivity index (χ0) is 16.7. The standard InChI is InChI=1S/C13H36O4Si4.4CH4/c1-18(2)13-15-20(6,7)17-21(8,12-10-9-11-14)16-19(3,4)5;;;;/h14,18H,9-13H2,1-8H3;4*1H4. The predicted octanol–water partition coefficient (Wildman–Crippen LogP) is 5.99. The van der Waals surface area contributed by atoms with Crippen LogP contribution in [-0.4, -0.2) is 52.2 Å². The summed E-state index contributed by atoms with van der Waals surface area (Å²) in [7, 11) is -6.73. The van der Waals surface area contributed by atoms with E-state index in [1.54, 1.807) is 0 Å². The van der Waals surface area contributed by atoms with Crippen LogP contribution in [0.1, 0.15) is 42.5 Å². The minimum atomic E-state index is -2.23. The molecule has 0 aliphatic rings. The van der Waals surface area contributed by atoms with Crippen molar-refractivity contribution in [3.63, 3.8) is 0 Å². The summed E-state index contributed by atoms with van der Waals surface area (Å²) in [4.78, 5) is 0. The van der Waals surface area contributed by atoms with Crippen LogP contribution in [0.4, 0.5) is 0 Å². The van der Waals surface area contributed by atoms with Crippen molar-refractivity contribution >= 4 is 34.2 Å². The molecule has 0 bridgehead atoms. The van der Waals surface area contributed by atoms with Gasteiger partial charge in [0.1, 0.15) is 0 Å². The topological polar surface area (TPSA) is 47.9 Å². The van der Waals surface area contributed by atoms with Crippen LogP contribution in [-0.2, 0) is 12.7 Å². The van der Waals surface area contributed by atoms with Gasteiger partial charge in [-0.3, -0.25) is 0 Å². The van der Waals surface area contributed by atoms with E-state index in [0.717, 1.165) is 25.1 Å². The maximum Gasteiger partial charge on any atom is 0.322 e. The first-order valence-electron chi connectivity index (χ1n) is 8.04. The largest absolute Gasteiger partial charge is 0.437 e. The van der Waals surface area contributed by atoms with E-state index in [2.05, 4.69) is 52.4 Å². The summed E-state index contributed by atoms with van der Waals surface area (Å²) in [6.45, 7) is 17.9. The summed E-state index contributed by atoms with van der Waals surface area (Å²) in [5.41, 5.74) is 0. The van der Waals surface area contributed by atoms with Crippen molar-refractivity contribution in [3.8, 4) is 0 Å². The molecule has 0 radical (unpaired) electrons. The number of unbranched alkanes of at least 4 members (excludes halogenated alkanes) is 1. The molecule has 0 rings (SSSR count). The van der Waals surface area contributed by atoms with Crippen molar-refractivity contribution in [2.75, 3.05) is 12.8 Å².